The lowest BCUT2D eigenvalue weighted by molar-refractivity contribution is -0.137. The number of alkyl halides is 3. The van der Waals surface area contributed by atoms with Crippen molar-refractivity contribution in [2.24, 2.45) is 5.92 Å². The van der Waals surface area contributed by atoms with Gasteiger partial charge < -0.3 is 5.11 Å². The topological polar surface area (TPSA) is 80.9 Å². The van der Waals surface area contributed by atoms with Crippen LogP contribution >= 0.6 is 0 Å². The quantitative estimate of drug-likeness (QED) is 0.792. The van der Waals surface area contributed by atoms with Crippen LogP contribution in [0.15, 0.2) is 24.3 Å². The van der Waals surface area contributed by atoms with Gasteiger partial charge in [0.25, 0.3) is 0 Å². The highest BCUT2D eigenvalue weighted by molar-refractivity contribution is 6.15. The molecule has 1 heterocycles. The summed E-state index contributed by atoms with van der Waals surface area (Å²) in [6.45, 7) is 1.48. The number of carboxylic acids is 1. The highest BCUT2D eigenvalue weighted by Crippen LogP contribution is 2.36. The molecule has 0 amide bonds. The summed E-state index contributed by atoms with van der Waals surface area (Å²) in [5.74, 6) is -0.652. The third kappa shape index (κ3) is 4.17. The molecule has 0 atom stereocenters. The van der Waals surface area contributed by atoms with Gasteiger partial charge >= 0.3 is 12.1 Å². The fraction of sp³-hybridized carbons (Fsp3) is 0.444. The van der Waals surface area contributed by atoms with Gasteiger partial charge in [0.15, 0.2) is 5.82 Å². The zero-order valence-corrected chi connectivity index (χ0v) is 14.7. The van der Waals surface area contributed by atoms with E-state index in [0.717, 1.165) is 36.4 Å². The van der Waals surface area contributed by atoms with E-state index >= 15 is 0 Å². The van der Waals surface area contributed by atoms with E-state index in [2.05, 4.69) is 15.5 Å². The number of carboxylic acid groups (broad SMARTS) is 1. The second kappa shape index (κ2) is 7.50. The second-order valence-electron chi connectivity index (χ2n) is 6.68. The van der Waals surface area contributed by atoms with E-state index in [4.69, 9.17) is 0 Å². The van der Waals surface area contributed by atoms with E-state index in [9.17, 15) is 23.1 Å². The Labute approximate surface area is 153 Å². The van der Waals surface area contributed by atoms with Crippen molar-refractivity contribution in [2.45, 2.75) is 45.2 Å². The van der Waals surface area contributed by atoms with Crippen molar-refractivity contribution in [1.82, 2.24) is 20.2 Å². The van der Waals surface area contributed by atoms with Crippen LogP contribution < -0.4 is 0 Å². The van der Waals surface area contributed by atoms with Crippen LogP contribution in [0.5, 0.6) is 0 Å². The first-order chi connectivity index (χ1) is 12.8. The summed E-state index contributed by atoms with van der Waals surface area (Å²) in [6.07, 6.45) is 1.67. The molecule has 1 aromatic carbocycles. The number of rotatable bonds is 5. The molecule has 0 unspecified atom stereocenters. The molecule has 1 aliphatic rings. The number of hydrogen-bond donors (Lipinski definition) is 1. The summed E-state index contributed by atoms with van der Waals surface area (Å²) in [6, 6.07) is 3.42. The smallest absolute Gasteiger partial charge is 0.418 e. The molecule has 6 nitrogen and oxygen atoms in total. The lowest BCUT2D eigenvalue weighted by Gasteiger charge is -2.15. The lowest BCUT2D eigenvalue weighted by atomic mass is 9.97. The Morgan fingerprint density at radius 1 is 1.33 bits per heavy atom. The van der Waals surface area contributed by atoms with Crippen molar-refractivity contribution < 1.29 is 23.1 Å². The van der Waals surface area contributed by atoms with Crippen LogP contribution in [-0.2, 0) is 11.0 Å². The van der Waals surface area contributed by atoms with E-state index in [1.807, 2.05) is 0 Å². The molecule has 0 saturated heterocycles. The number of nitrogens with zero attached hydrogens (tertiary/aromatic N) is 4. The fourth-order valence-electron chi connectivity index (χ4n) is 3.43. The Bertz CT molecular complexity index is 868. The highest BCUT2D eigenvalue weighted by Gasteiger charge is 2.35. The minimum Gasteiger partial charge on any atom is -0.478 e. The van der Waals surface area contributed by atoms with Crippen molar-refractivity contribution in [1.29, 1.82) is 0 Å². The monoisotopic (exact) mass is 380 g/mol. The number of allylic oxidation sites excluding steroid dienone is 1. The minimum atomic E-state index is -4.68. The van der Waals surface area contributed by atoms with Gasteiger partial charge in [-0.2, -0.15) is 17.9 Å². The molecule has 1 fully saturated rings. The molecule has 9 heteroatoms. The van der Waals surface area contributed by atoms with Crippen LogP contribution in [0.2, 0.25) is 0 Å². The van der Waals surface area contributed by atoms with Crippen molar-refractivity contribution in [3.63, 3.8) is 0 Å². The number of carbonyl (C=O) groups is 1. The Morgan fingerprint density at radius 2 is 2.04 bits per heavy atom. The molecular weight excluding hydrogens is 361 g/mol. The van der Waals surface area contributed by atoms with Gasteiger partial charge in [0.05, 0.1) is 16.8 Å². The standard InChI is InChI=1S/C18H19F3N4O2/c1-11-22-23-24-25(11)16-9-7-13(10-15(16)18(19,20)21)14(17(26)27)8-6-12-4-2-3-5-12/h7-10,12H,2-6H2,1H3,(H,26,27). The summed E-state index contributed by atoms with van der Waals surface area (Å²) >= 11 is 0. The average molecular weight is 380 g/mol. The van der Waals surface area contributed by atoms with Crippen LogP contribution in [0.4, 0.5) is 13.2 Å². The maximum absolute atomic E-state index is 13.6. The third-order valence-corrected chi connectivity index (χ3v) is 4.83. The van der Waals surface area contributed by atoms with Crippen LogP contribution in [0.3, 0.4) is 0 Å². The average Bonchev–Trinajstić information content (AvgIpc) is 3.25. The predicted molar refractivity (Wildman–Crippen MR) is 91.1 cm³/mol. The minimum absolute atomic E-state index is 0.0160. The van der Waals surface area contributed by atoms with E-state index in [1.165, 1.54) is 25.1 Å². The molecule has 1 aromatic heterocycles. The molecule has 144 valence electrons. The first-order valence-corrected chi connectivity index (χ1v) is 8.68. The van der Waals surface area contributed by atoms with Crippen LogP contribution in [0, 0.1) is 12.8 Å². The van der Waals surface area contributed by atoms with Crippen molar-refractivity contribution >= 4 is 11.5 Å². The van der Waals surface area contributed by atoms with Gasteiger partial charge in [0.2, 0.25) is 0 Å². The van der Waals surface area contributed by atoms with Crippen LogP contribution in [-0.4, -0.2) is 31.3 Å². The Hall–Kier alpha value is -2.71. The third-order valence-electron chi connectivity index (χ3n) is 4.83. The SMILES string of the molecule is Cc1nnnn1-c1ccc(C(=CCC2CCCC2)C(=O)O)cc1C(F)(F)F. The predicted octanol–water partition coefficient (Wildman–Crippen LogP) is 4.04. The van der Waals surface area contributed by atoms with Crippen molar-refractivity contribution in [3.05, 3.63) is 41.2 Å². The second-order valence-corrected chi connectivity index (χ2v) is 6.68. The first kappa shape index (κ1) is 19.1. The van der Waals surface area contributed by atoms with Crippen LogP contribution in [0.1, 0.15) is 49.1 Å². The van der Waals surface area contributed by atoms with Gasteiger partial charge in [0.1, 0.15) is 0 Å². The largest absolute Gasteiger partial charge is 0.478 e. The molecule has 0 aliphatic heterocycles. The lowest BCUT2D eigenvalue weighted by Crippen LogP contribution is -2.14. The Balaban J connectivity index is 2.03. The molecule has 0 spiro atoms. The highest BCUT2D eigenvalue weighted by atomic mass is 19.4. The first-order valence-electron chi connectivity index (χ1n) is 8.68. The molecule has 0 bridgehead atoms. The van der Waals surface area contributed by atoms with E-state index in [-0.39, 0.29) is 22.6 Å². The molecule has 3 rings (SSSR count). The normalized spacial score (nSPS) is 16.1. The van der Waals surface area contributed by atoms with Gasteiger partial charge in [-0.05, 0) is 47.4 Å². The molecule has 1 N–H and O–H groups in total. The van der Waals surface area contributed by atoms with Gasteiger partial charge in [-0.1, -0.05) is 37.8 Å². The molecular formula is C18H19F3N4O2. The van der Waals surface area contributed by atoms with E-state index in [1.54, 1.807) is 0 Å². The number of hydrogen-bond acceptors (Lipinski definition) is 4. The number of halogens is 3. The van der Waals surface area contributed by atoms with Crippen LogP contribution in [0.25, 0.3) is 11.3 Å². The summed E-state index contributed by atoms with van der Waals surface area (Å²) in [4.78, 5) is 11.6. The summed E-state index contributed by atoms with van der Waals surface area (Å²) in [5.41, 5.74) is -1.33. The molecule has 1 saturated carbocycles. The summed E-state index contributed by atoms with van der Waals surface area (Å²) < 4.78 is 41.8. The summed E-state index contributed by atoms with van der Waals surface area (Å²) in [7, 11) is 0. The maximum Gasteiger partial charge on any atom is 0.418 e. The van der Waals surface area contributed by atoms with Crippen molar-refractivity contribution in [3.8, 4) is 5.69 Å². The number of aliphatic carboxylic acids is 1. The van der Waals surface area contributed by atoms with Gasteiger partial charge in [-0.3, -0.25) is 0 Å². The number of tetrazole rings is 1. The molecule has 2 aromatic rings. The molecule has 0 radical (unpaired) electrons. The summed E-state index contributed by atoms with van der Waals surface area (Å²) in [5, 5.41) is 20.1. The number of aromatic nitrogens is 4. The Kier molecular flexibility index (Phi) is 5.29. The van der Waals surface area contributed by atoms with Gasteiger partial charge in [-0.25, -0.2) is 4.79 Å². The molecule has 27 heavy (non-hydrogen) atoms. The molecule has 1 aliphatic carbocycles. The maximum atomic E-state index is 13.6. The van der Waals surface area contributed by atoms with E-state index < -0.39 is 17.7 Å². The zero-order chi connectivity index (χ0) is 19.6. The van der Waals surface area contributed by atoms with Gasteiger partial charge in [0, 0.05) is 0 Å². The van der Waals surface area contributed by atoms with Crippen molar-refractivity contribution in [2.75, 3.05) is 0 Å². The fourth-order valence-corrected chi connectivity index (χ4v) is 3.43. The van der Waals surface area contributed by atoms with Gasteiger partial charge in [-0.15, -0.1) is 5.10 Å². The number of benzene rings is 1. The Morgan fingerprint density at radius 3 is 2.59 bits per heavy atom. The zero-order valence-electron chi connectivity index (χ0n) is 14.7. The number of aryl methyl sites for hydroxylation is 1. The van der Waals surface area contributed by atoms with E-state index in [0.29, 0.717) is 12.3 Å².